The highest BCUT2D eigenvalue weighted by atomic mass is 35.5. The quantitative estimate of drug-likeness (QED) is 0.676. The smallest absolute Gasteiger partial charge is 0.294 e. The normalized spacial score (nSPS) is 16.4. The van der Waals surface area contributed by atoms with Gasteiger partial charge in [-0.05, 0) is 56.9 Å². The van der Waals surface area contributed by atoms with E-state index in [-0.39, 0.29) is 11.7 Å². The van der Waals surface area contributed by atoms with Gasteiger partial charge in [0, 0.05) is 47.2 Å². The molecule has 0 spiro atoms. The van der Waals surface area contributed by atoms with Gasteiger partial charge in [-0.1, -0.05) is 28.9 Å². The summed E-state index contributed by atoms with van der Waals surface area (Å²) in [7, 11) is 4.24. The molecular weight excluding hydrogens is 388 g/mol. The van der Waals surface area contributed by atoms with Gasteiger partial charge in [0.25, 0.3) is 5.91 Å². The number of carbonyl (C=O) groups excluding carboxylic acids is 1. The average molecular weight is 411 g/mol. The second-order valence-corrected chi connectivity index (χ2v) is 7.87. The van der Waals surface area contributed by atoms with Crippen LogP contribution in [0.1, 0.15) is 17.0 Å². The Morgan fingerprint density at radius 2 is 1.90 bits per heavy atom. The van der Waals surface area contributed by atoms with Gasteiger partial charge in [0.15, 0.2) is 0 Å². The van der Waals surface area contributed by atoms with Crippen LogP contribution in [-0.2, 0) is 0 Å². The number of rotatable bonds is 5. The maximum absolute atomic E-state index is 12.5. The Bertz CT molecular complexity index is 983. The molecular formula is C22H23ClN4O2. The van der Waals surface area contributed by atoms with Gasteiger partial charge in [-0.3, -0.25) is 4.79 Å². The van der Waals surface area contributed by atoms with Gasteiger partial charge in [-0.25, -0.2) is 0 Å². The largest absolute Gasteiger partial charge is 0.370 e. The average Bonchev–Trinajstić information content (AvgIpc) is 3.39. The molecule has 1 N–H and O–H groups in total. The molecule has 1 fully saturated rings. The van der Waals surface area contributed by atoms with Crippen LogP contribution in [0.3, 0.4) is 0 Å². The molecule has 2 aromatic carbocycles. The van der Waals surface area contributed by atoms with Crippen molar-refractivity contribution in [3.8, 4) is 11.3 Å². The van der Waals surface area contributed by atoms with Crippen LogP contribution in [0.2, 0.25) is 5.02 Å². The number of nitrogens with one attached hydrogen (secondary N) is 1. The second-order valence-electron chi connectivity index (χ2n) is 7.44. The highest BCUT2D eigenvalue weighted by molar-refractivity contribution is 6.30. The summed E-state index contributed by atoms with van der Waals surface area (Å²) in [6.45, 7) is 2.06. The minimum Gasteiger partial charge on any atom is -0.370 e. The van der Waals surface area contributed by atoms with Crippen LogP contribution >= 0.6 is 11.6 Å². The third-order valence-corrected chi connectivity index (χ3v) is 5.51. The van der Waals surface area contributed by atoms with E-state index in [1.807, 2.05) is 36.4 Å². The fraction of sp³-hybridized carbons (Fsp3) is 0.273. The number of aromatic nitrogens is 1. The van der Waals surface area contributed by atoms with Crippen molar-refractivity contribution in [2.45, 2.75) is 12.5 Å². The van der Waals surface area contributed by atoms with Gasteiger partial charge in [-0.15, -0.1) is 0 Å². The lowest BCUT2D eigenvalue weighted by atomic mass is 10.1. The van der Waals surface area contributed by atoms with E-state index in [0.717, 1.165) is 30.8 Å². The molecule has 1 aliphatic rings. The van der Waals surface area contributed by atoms with Gasteiger partial charge in [0.1, 0.15) is 5.69 Å². The maximum atomic E-state index is 12.5. The fourth-order valence-corrected chi connectivity index (χ4v) is 3.61. The lowest BCUT2D eigenvalue weighted by Gasteiger charge is -2.22. The molecule has 0 aliphatic carbocycles. The number of anilines is 2. The van der Waals surface area contributed by atoms with Gasteiger partial charge in [0.2, 0.25) is 5.76 Å². The fourth-order valence-electron chi connectivity index (χ4n) is 3.49. The zero-order chi connectivity index (χ0) is 20.4. The summed E-state index contributed by atoms with van der Waals surface area (Å²) >= 11 is 5.91. The Labute approximate surface area is 175 Å². The van der Waals surface area contributed by atoms with Crippen LogP contribution in [-0.4, -0.2) is 49.2 Å². The van der Waals surface area contributed by atoms with Gasteiger partial charge in [-0.2, -0.15) is 0 Å². The number of nitrogens with zero attached hydrogens (tertiary/aromatic N) is 3. The maximum Gasteiger partial charge on any atom is 0.294 e. The van der Waals surface area contributed by atoms with E-state index in [2.05, 4.69) is 34.4 Å². The first kappa shape index (κ1) is 19.5. The zero-order valence-corrected chi connectivity index (χ0v) is 17.2. The summed E-state index contributed by atoms with van der Waals surface area (Å²) in [6.07, 6.45) is 1.16. The van der Waals surface area contributed by atoms with Crippen LogP contribution in [0.4, 0.5) is 11.4 Å². The van der Waals surface area contributed by atoms with E-state index in [0.29, 0.717) is 22.4 Å². The number of hydrogen-bond acceptors (Lipinski definition) is 5. The van der Waals surface area contributed by atoms with Crippen molar-refractivity contribution in [3.05, 3.63) is 65.4 Å². The highest BCUT2D eigenvalue weighted by Gasteiger charge is 2.24. The lowest BCUT2D eigenvalue weighted by molar-refractivity contribution is 0.0988. The number of carbonyl (C=O) groups is 1. The number of halogens is 1. The van der Waals surface area contributed by atoms with Crippen molar-refractivity contribution in [3.63, 3.8) is 0 Å². The Balaban J connectivity index is 1.39. The lowest BCUT2D eigenvalue weighted by Crippen LogP contribution is -2.31. The molecule has 3 aromatic rings. The standard InChI is InChI=1S/C22H23ClN4O2/c1-26(2)19-11-12-27(14-19)18-9-7-17(8-10-18)24-22(28)21-13-20(25-29-21)15-3-5-16(23)6-4-15/h3-10,13,19H,11-12,14H2,1-2H3,(H,24,28). The molecule has 6 nitrogen and oxygen atoms in total. The minimum absolute atomic E-state index is 0.160. The Kier molecular flexibility index (Phi) is 5.56. The molecule has 4 rings (SSSR count). The van der Waals surface area contributed by atoms with Gasteiger partial charge >= 0.3 is 0 Å². The molecule has 0 saturated carbocycles. The van der Waals surface area contributed by atoms with Crippen molar-refractivity contribution < 1.29 is 9.32 Å². The summed E-state index contributed by atoms with van der Waals surface area (Å²) in [5, 5.41) is 7.48. The van der Waals surface area contributed by atoms with Crippen molar-refractivity contribution in [2.24, 2.45) is 0 Å². The Morgan fingerprint density at radius 3 is 2.55 bits per heavy atom. The molecule has 0 bridgehead atoms. The van der Waals surface area contributed by atoms with Crippen molar-refractivity contribution in [2.75, 3.05) is 37.4 Å². The third kappa shape index (κ3) is 4.44. The summed E-state index contributed by atoms with van der Waals surface area (Å²) in [4.78, 5) is 17.1. The first-order valence-electron chi connectivity index (χ1n) is 9.55. The van der Waals surface area contributed by atoms with E-state index in [4.69, 9.17) is 16.1 Å². The molecule has 2 heterocycles. The van der Waals surface area contributed by atoms with Gasteiger partial charge in [0.05, 0.1) is 0 Å². The van der Waals surface area contributed by atoms with Crippen LogP contribution in [0.25, 0.3) is 11.3 Å². The van der Waals surface area contributed by atoms with E-state index >= 15 is 0 Å². The summed E-state index contributed by atoms with van der Waals surface area (Å²) in [5.74, 6) is -0.174. The first-order valence-corrected chi connectivity index (χ1v) is 9.93. The summed E-state index contributed by atoms with van der Waals surface area (Å²) in [6, 6.07) is 17.3. The highest BCUT2D eigenvalue weighted by Crippen LogP contribution is 2.25. The topological polar surface area (TPSA) is 61.6 Å². The van der Waals surface area contributed by atoms with Crippen molar-refractivity contribution in [1.82, 2.24) is 10.1 Å². The Hall–Kier alpha value is -2.83. The molecule has 7 heteroatoms. The number of likely N-dealkylation sites (N-methyl/N-ethyl adjacent to an activating group) is 1. The summed E-state index contributed by atoms with van der Waals surface area (Å²) < 4.78 is 5.21. The molecule has 1 aliphatic heterocycles. The minimum atomic E-state index is -0.334. The molecule has 1 saturated heterocycles. The number of hydrogen-bond donors (Lipinski definition) is 1. The van der Waals surface area contributed by atoms with Gasteiger partial charge < -0.3 is 19.6 Å². The van der Waals surface area contributed by atoms with E-state index < -0.39 is 0 Å². The predicted octanol–water partition coefficient (Wildman–Crippen LogP) is 4.39. The Morgan fingerprint density at radius 1 is 1.17 bits per heavy atom. The molecule has 1 amide bonds. The second kappa shape index (κ2) is 8.27. The molecule has 1 atom stereocenters. The van der Waals surface area contributed by atoms with Crippen molar-refractivity contribution in [1.29, 1.82) is 0 Å². The summed E-state index contributed by atoms with van der Waals surface area (Å²) in [5.41, 5.74) is 3.30. The molecule has 29 heavy (non-hydrogen) atoms. The van der Waals surface area contributed by atoms with E-state index in [1.165, 1.54) is 0 Å². The van der Waals surface area contributed by atoms with Crippen LogP contribution in [0, 0.1) is 0 Å². The molecule has 0 radical (unpaired) electrons. The molecule has 150 valence electrons. The zero-order valence-electron chi connectivity index (χ0n) is 16.4. The molecule has 1 unspecified atom stereocenters. The van der Waals surface area contributed by atoms with Crippen LogP contribution in [0.15, 0.2) is 59.1 Å². The number of amides is 1. The van der Waals surface area contributed by atoms with E-state index in [9.17, 15) is 4.79 Å². The van der Waals surface area contributed by atoms with Crippen LogP contribution in [0.5, 0.6) is 0 Å². The van der Waals surface area contributed by atoms with E-state index in [1.54, 1.807) is 18.2 Å². The van der Waals surface area contributed by atoms with Crippen LogP contribution < -0.4 is 10.2 Å². The third-order valence-electron chi connectivity index (χ3n) is 5.26. The van der Waals surface area contributed by atoms with Crippen molar-refractivity contribution >= 4 is 28.9 Å². The number of benzene rings is 2. The molecule has 1 aromatic heterocycles. The monoisotopic (exact) mass is 410 g/mol. The predicted molar refractivity (Wildman–Crippen MR) is 116 cm³/mol. The first-order chi connectivity index (χ1) is 14.0. The SMILES string of the molecule is CN(C)C1CCN(c2ccc(NC(=O)c3cc(-c4ccc(Cl)cc4)no3)cc2)C1.